The van der Waals surface area contributed by atoms with Crippen LogP contribution < -0.4 is 5.73 Å². The highest BCUT2D eigenvalue weighted by atomic mass is 35.5. The Bertz CT molecular complexity index is 319. The molecule has 78 valence electrons. The van der Waals surface area contributed by atoms with Crippen LogP contribution in [0, 0.1) is 5.92 Å². The van der Waals surface area contributed by atoms with Crippen LogP contribution in [0.5, 0.6) is 0 Å². The lowest BCUT2D eigenvalue weighted by Gasteiger charge is -2.29. The molecule has 1 aliphatic carbocycles. The van der Waals surface area contributed by atoms with Gasteiger partial charge in [-0.1, -0.05) is 18.5 Å². The maximum atomic E-state index is 6.08. The fourth-order valence-corrected chi connectivity index (χ4v) is 2.78. The third kappa shape index (κ3) is 1.57. The molecule has 3 heteroatoms. The first kappa shape index (κ1) is 10.1. The Kier molecular flexibility index (Phi) is 2.84. The van der Waals surface area contributed by atoms with Crippen molar-refractivity contribution in [2.24, 2.45) is 11.7 Å². The summed E-state index contributed by atoms with van der Waals surface area (Å²) >= 11 is 6.08. The molecule has 1 aliphatic rings. The second kappa shape index (κ2) is 3.95. The second-order valence-corrected chi connectivity index (χ2v) is 4.61. The van der Waals surface area contributed by atoms with E-state index in [4.69, 9.17) is 17.3 Å². The summed E-state index contributed by atoms with van der Waals surface area (Å²) in [6.07, 6.45) is 5.48. The van der Waals surface area contributed by atoms with Gasteiger partial charge >= 0.3 is 0 Å². The average molecular weight is 213 g/mol. The molecule has 1 aromatic rings. The molecule has 0 radical (unpaired) electrons. The van der Waals surface area contributed by atoms with E-state index >= 15 is 0 Å². The van der Waals surface area contributed by atoms with Gasteiger partial charge in [-0.25, -0.2) is 0 Å². The lowest BCUT2D eigenvalue weighted by Crippen LogP contribution is -2.20. The minimum atomic E-state index is 0.604. The molecule has 0 fully saturated rings. The SMILES string of the molecule is CC1CCc2c(c[nH]c2Cl)C1CCN. The summed E-state index contributed by atoms with van der Waals surface area (Å²) in [5, 5.41) is 0.828. The molecule has 3 N–H and O–H groups in total. The number of nitrogens with one attached hydrogen (secondary N) is 1. The molecule has 0 saturated heterocycles. The maximum absolute atomic E-state index is 6.08. The van der Waals surface area contributed by atoms with Crippen molar-refractivity contribution in [2.75, 3.05) is 6.54 Å². The second-order valence-electron chi connectivity index (χ2n) is 4.24. The first-order chi connectivity index (χ1) is 6.74. The van der Waals surface area contributed by atoms with E-state index in [1.165, 1.54) is 17.5 Å². The zero-order valence-electron chi connectivity index (χ0n) is 8.52. The van der Waals surface area contributed by atoms with Crippen LogP contribution in [0.25, 0.3) is 0 Å². The summed E-state index contributed by atoms with van der Waals surface area (Å²) in [5.41, 5.74) is 8.37. The predicted molar refractivity (Wildman–Crippen MR) is 59.7 cm³/mol. The average Bonchev–Trinajstić information content (AvgIpc) is 2.53. The van der Waals surface area contributed by atoms with Crippen molar-refractivity contribution in [1.82, 2.24) is 4.98 Å². The van der Waals surface area contributed by atoms with Crippen molar-refractivity contribution in [3.05, 3.63) is 22.5 Å². The van der Waals surface area contributed by atoms with Gasteiger partial charge in [-0.15, -0.1) is 0 Å². The van der Waals surface area contributed by atoms with Crippen LogP contribution in [-0.2, 0) is 6.42 Å². The van der Waals surface area contributed by atoms with Gasteiger partial charge in [0.15, 0.2) is 0 Å². The predicted octanol–water partition coefficient (Wildman–Crippen LogP) is 2.68. The van der Waals surface area contributed by atoms with Crippen molar-refractivity contribution in [2.45, 2.75) is 32.1 Å². The Labute approximate surface area is 89.8 Å². The van der Waals surface area contributed by atoms with Gasteiger partial charge in [0.1, 0.15) is 5.15 Å². The summed E-state index contributed by atoms with van der Waals surface area (Å²) in [4.78, 5) is 3.11. The number of aromatic nitrogens is 1. The number of hydrogen-bond donors (Lipinski definition) is 2. The highest BCUT2D eigenvalue weighted by Gasteiger charge is 2.28. The highest BCUT2D eigenvalue weighted by molar-refractivity contribution is 6.30. The fourth-order valence-electron chi connectivity index (χ4n) is 2.53. The molecule has 0 amide bonds. The van der Waals surface area contributed by atoms with Crippen molar-refractivity contribution in [1.29, 1.82) is 0 Å². The molecule has 0 spiro atoms. The molecule has 2 atom stereocenters. The number of H-pyrrole nitrogens is 1. The zero-order valence-corrected chi connectivity index (χ0v) is 9.27. The van der Waals surface area contributed by atoms with E-state index in [0.29, 0.717) is 5.92 Å². The van der Waals surface area contributed by atoms with Crippen LogP contribution in [0.3, 0.4) is 0 Å². The number of fused-ring (bicyclic) bond motifs is 1. The van der Waals surface area contributed by atoms with Crippen LogP contribution in [0.2, 0.25) is 5.15 Å². The number of halogens is 1. The van der Waals surface area contributed by atoms with Crippen molar-refractivity contribution in [3.8, 4) is 0 Å². The molecule has 1 heterocycles. The van der Waals surface area contributed by atoms with Gasteiger partial charge in [-0.05, 0) is 48.8 Å². The molecule has 0 bridgehead atoms. The van der Waals surface area contributed by atoms with Crippen molar-refractivity contribution < 1.29 is 0 Å². The van der Waals surface area contributed by atoms with E-state index in [0.717, 1.165) is 30.5 Å². The number of aromatic amines is 1. The van der Waals surface area contributed by atoms with E-state index in [9.17, 15) is 0 Å². The minimum absolute atomic E-state index is 0.604. The summed E-state index contributed by atoms with van der Waals surface area (Å²) in [7, 11) is 0. The van der Waals surface area contributed by atoms with E-state index in [-0.39, 0.29) is 0 Å². The van der Waals surface area contributed by atoms with Gasteiger partial charge in [0.25, 0.3) is 0 Å². The lowest BCUT2D eigenvalue weighted by atomic mass is 9.76. The molecule has 14 heavy (non-hydrogen) atoms. The summed E-state index contributed by atoms with van der Waals surface area (Å²) < 4.78 is 0. The summed E-state index contributed by atoms with van der Waals surface area (Å²) in [6.45, 7) is 3.07. The third-order valence-corrected chi connectivity index (χ3v) is 3.72. The monoisotopic (exact) mass is 212 g/mol. The van der Waals surface area contributed by atoms with Gasteiger partial charge in [0, 0.05) is 6.20 Å². The number of hydrogen-bond acceptors (Lipinski definition) is 1. The topological polar surface area (TPSA) is 41.8 Å². The van der Waals surface area contributed by atoms with E-state index in [1.54, 1.807) is 0 Å². The quantitative estimate of drug-likeness (QED) is 0.778. The van der Waals surface area contributed by atoms with Gasteiger partial charge in [-0.2, -0.15) is 0 Å². The van der Waals surface area contributed by atoms with Crippen LogP contribution >= 0.6 is 11.6 Å². The molecule has 2 nitrogen and oxygen atoms in total. The van der Waals surface area contributed by atoms with Gasteiger partial charge in [0.2, 0.25) is 0 Å². The molecule has 0 aromatic carbocycles. The van der Waals surface area contributed by atoms with Crippen LogP contribution in [0.4, 0.5) is 0 Å². The standard InChI is InChI=1S/C11H17ClN2/c1-7-2-3-9-10(6-14-11(9)12)8(7)4-5-13/h6-8,14H,2-5,13H2,1H3. The minimum Gasteiger partial charge on any atom is -0.352 e. The van der Waals surface area contributed by atoms with Crippen molar-refractivity contribution >= 4 is 11.6 Å². The van der Waals surface area contributed by atoms with Crippen molar-refractivity contribution in [3.63, 3.8) is 0 Å². The zero-order chi connectivity index (χ0) is 10.1. The molecule has 1 aromatic heterocycles. The Morgan fingerprint density at radius 2 is 2.43 bits per heavy atom. The third-order valence-electron chi connectivity index (χ3n) is 3.38. The number of rotatable bonds is 2. The first-order valence-corrected chi connectivity index (χ1v) is 5.67. The molecule has 2 rings (SSSR count). The van der Waals surface area contributed by atoms with E-state index < -0.39 is 0 Å². The maximum Gasteiger partial charge on any atom is 0.109 e. The summed E-state index contributed by atoms with van der Waals surface area (Å²) in [6, 6.07) is 0. The van der Waals surface area contributed by atoms with Gasteiger partial charge in [-0.3, -0.25) is 0 Å². The van der Waals surface area contributed by atoms with Gasteiger partial charge < -0.3 is 10.7 Å². The van der Waals surface area contributed by atoms with Crippen LogP contribution in [0.1, 0.15) is 36.8 Å². The largest absolute Gasteiger partial charge is 0.352 e. The molecule has 0 saturated carbocycles. The Morgan fingerprint density at radius 1 is 1.64 bits per heavy atom. The molecule has 0 aliphatic heterocycles. The normalized spacial score (nSPS) is 26.2. The van der Waals surface area contributed by atoms with Crippen LogP contribution in [0.15, 0.2) is 6.20 Å². The molecular formula is C11H17ClN2. The Balaban J connectivity index is 2.32. The Hall–Kier alpha value is -0.470. The highest BCUT2D eigenvalue weighted by Crippen LogP contribution is 2.40. The Morgan fingerprint density at radius 3 is 3.14 bits per heavy atom. The molecule has 2 unspecified atom stereocenters. The summed E-state index contributed by atoms with van der Waals surface area (Å²) in [5.74, 6) is 1.34. The van der Waals surface area contributed by atoms with E-state index in [2.05, 4.69) is 18.1 Å². The smallest absolute Gasteiger partial charge is 0.109 e. The molecular weight excluding hydrogens is 196 g/mol. The first-order valence-electron chi connectivity index (χ1n) is 5.29. The van der Waals surface area contributed by atoms with Gasteiger partial charge in [0.05, 0.1) is 0 Å². The van der Waals surface area contributed by atoms with Crippen LogP contribution in [-0.4, -0.2) is 11.5 Å². The lowest BCUT2D eigenvalue weighted by molar-refractivity contribution is 0.389. The number of nitrogens with two attached hydrogens (primary N) is 1. The van der Waals surface area contributed by atoms with E-state index in [1.807, 2.05) is 0 Å². The fraction of sp³-hybridized carbons (Fsp3) is 0.636.